The molecule has 0 heterocycles. The molecule has 0 aromatic rings. The Balaban J connectivity index is 6.65. The Morgan fingerprint density at radius 1 is 0.389 bits per heavy atom. The third-order valence-corrected chi connectivity index (χ3v) is 4.30. The molecule has 0 amide bonds. The molecule has 21 heteroatoms. The van der Waals surface area contributed by atoms with Crippen LogP contribution in [-0.4, -0.2) is 59.5 Å². The van der Waals surface area contributed by atoms with Gasteiger partial charge in [-0.1, -0.05) is 13.3 Å². The summed E-state index contributed by atoms with van der Waals surface area (Å²) >= 11 is 0. The molecule has 216 valence electrons. The van der Waals surface area contributed by atoms with Crippen LogP contribution >= 0.6 is 0 Å². The summed E-state index contributed by atoms with van der Waals surface area (Å²) < 4.78 is 274. The summed E-state index contributed by atoms with van der Waals surface area (Å²) in [5.41, 5.74) is 0. The van der Waals surface area contributed by atoms with Crippen LogP contribution in [0, 0.1) is 0 Å². The third kappa shape index (κ3) is 4.78. The molecule has 0 unspecified atom stereocenters. The Kier molecular flexibility index (Phi) is 8.51. The first-order chi connectivity index (χ1) is 15.3. The van der Waals surface area contributed by atoms with Crippen LogP contribution in [0.15, 0.2) is 12.2 Å². The molecule has 0 saturated carbocycles. The number of halogens is 21. The second kappa shape index (κ2) is 8.93. The van der Waals surface area contributed by atoms with Crippen molar-refractivity contribution in [2.45, 2.75) is 79.2 Å². The van der Waals surface area contributed by atoms with Crippen molar-refractivity contribution in [1.82, 2.24) is 0 Å². The van der Waals surface area contributed by atoms with E-state index in [1.54, 1.807) is 0 Å². The van der Waals surface area contributed by atoms with Crippen molar-refractivity contribution in [2.75, 3.05) is 0 Å². The second-order valence-electron chi connectivity index (χ2n) is 6.98. The lowest BCUT2D eigenvalue weighted by atomic mass is 9.89. The molecule has 0 radical (unpaired) electrons. The van der Waals surface area contributed by atoms with E-state index < -0.39 is 84.5 Å². The quantitative estimate of drug-likeness (QED) is 0.168. The van der Waals surface area contributed by atoms with Crippen molar-refractivity contribution in [3.63, 3.8) is 0 Å². The van der Waals surface area contributed by atoms with Crippen molar-refractivity contribution < 1.29 is 92.2 Å². The fourth-order valence-corrected chi connectivity index (χ4v) is 2.11. The van der Waals surface area contributed by atoms with Crippen LogP contribution in [0.2, 0.25) is 0 Å². The molecule has 0 N–H and O–H groups in total. The van der Waals surface area contributed by atoms with Crippen molar-refractivity contribution in [1.29, 1.82) is 0 Å². The van der Waals surface area contributed by atoms with E-state index in [2.05, 4.69) is 0 Å². The first-order valence-corrected chi connectivity index (χ1v) is 8.44. The molecule has 0 rings (SSSR count). The topological polar surface area (TPSA) is 0 Å². The zero-order valence-corrected chi connectivity index (χ0v) is 16.5. The Morgan fingerprint density at radius 3 is 0.944 bits per heavy atom. The van der Waals surface area contributed by atoms with E-state index >= 15 is 0 Å². The van der Waals surface area contributed by atoms with Gasteiger partial charge in [-0.2, -0.15) is 92.2 Å². The molecular weight excluding hydrogens is 579 g/mol. The fraction of sp³-hybridized carbons (Fsp3) is 0.867. The van der Waals surface area contributed by atoms with Gasteiger partial charge in [0.2, 0.25) is 0 Å². The predicted molar refractivity (Wildman–Crippen MR) is 74.6 cm³/mol. The number of hydrogen-bond donors (Lipinski definition) is 0. The van der Waals surface area contributed by atoms with Gasteiger partial charge in [-0.3, -0.25) is 0 Å². The lowest BCUT2D eigenvalue weighted by Gasteiger charge is -2.41. The second-order valence-corrected chi connectivity index (χ2v) is 6.98. The molecule has 0 spiro atoms. The maximum Gasteiger partial charge on any atom is 0.460 e. The van der Waals surface area contributed by atoms with Crippen LogP contribution in [0.25, 0.3) is 0 Å². The molecule has 0 bridgehead atoms. The highest BCUT2D eigenvalue weighted by Crippen LogP contribution is 2.61. The highest BCUT2D eigenvalue weighted by molar-refractivity contribution is 5.19. The number of rotatable bonds is 11. The molecule has 0 saturated heterocycles. The van der Waals surface area contributed by atoms with Crippen molar-refractivity contribution in [3.05, 3.63) is 12.2 Å². The number of hydrogen-bond acceptors (Lipinski definition) is 0. The Morgan fingerprint density at radius 2 is 0.667 bits per heavy atom. The monoisotopic (exact) mass is 588 g/mol. The molecule has 0 nitrogen and oxygen atoms in total. The SMILES string of the molecule is CCCC(F)(F)C(F)(F)C(F)(F)C(F)(F)C(F)(F)C(F)(F)C=CC(F)(F)C(F)(F)C(F)(F)C(F)(F)F. The largest absolute Gasteiger partial charge is 0.460 e. The lowest BCUT2D eigenvalue weighted by Crippen LogP contribution is -2.70. The smallest absolute Gasteiger partial charge is 0.200 e. The third-order valence-electron chi connectivity index (χ3n) is 4.30. The van der Waals surface area contributed by atoms with E-state index in [4.69, 9.17) is 0 Å². The molecule has 0 aromatic carbocycles. The van der Waals surface area contributed by atoms with E-state index in [1.807, 2.05) is 0 Å². The highest BCUT2D eigenvalue weighted by atomic mass is 19.4. The maximum absolute atomic E-state index is 13.5. The molecular formula is C15H9F21. The van der Waals surface area contributed by atoms with Gasteiger partial charge in [0, 0.05) is 6.42 Å². The average Bonchev–Trinajstić information content (AvgIpc) is 2.64. The van der Waals surface area contributed by atoms with Gasteiger partial charge in [-0.05, 0) is 12.2 Å². The maximum atomic E-state index is 13.5. The van der Waals surface area contributed by atoms with Gasteiger partial charge < -0.3 is 0 Å². The van der Waals surface area contributed by atoms with E-state index in [9.17, 15) is 92.2 Å². The van der Waals surface area contributed by atoms with E-state index in [0.29, 0.717) is 6.92 Å². The summed E-state index contributed by atoms with van der Waals surface area (Å²) in [7, 11) is 0. The lowest BCUT2D eigenvalue weighted by molar-refractivity contribution is -0.420. The highest BCUT2D eigenvalue weighted by Gasteiger charge is 2.89. The molecule has 0 aliphatic rings. The molecule has 0 aliphatic heterocycles. The molecule has 0 fully saturated rings. The van der Waals surface area contributed by atoms with Crippen molar-refractivity contribution in [3.8, 4) is 0 Å². The Bertz CT molecular complexity index is 799. The summed E-state index contributed by atoms with van der Waals surface area (Å²) in [6, 6.07) is 0. The summed E-state index contributed by atoms with van der Waals surface area (Å²) in [5.74, 6) is -68.7. The molecule has 0 aromatic heterocycles. The summed E-state index contributed by atoms with van der Waals surface area (Å²) in [5, 5.41) is 0. The van der Waals surface area contributed by atoms with Crippen LogP contribution in [0.4, 0.5) is 92.2 Å². The minimum absolute atomic E-state index is 0.562. The van der Waals surface area contributed by atoms with Crippen LogP contribution in [0.1, 0.15) is 19.8 Å². The minimum Gasteiger partial charge on any atom is -0.200 e. The van der Waals surface area contributed by atoms with Crippen LogP contribution in [0.3, 0.4) is 0 Å². The van der Waals surface area contributed by atoms with Gasteiger partial charge in [0.25, 0.3) is 0 Å². The molecule has 0 atom stereocenters. The first kappa shape index (κ1) is 34.3. The van der Waals surface area contributed by atoms with Gasteiger partial charge >= 0.3 is 59.5 Å². The summed E-state index contributed by atoms with van der Waals surface area (Å²) in [4.78, 5) is 0. The standard InChI is InChI=1S/C15H9F21/c1-2-3-6(16,17)9(22,23)12(28,29)13(30,31)10(24,25)7(18,19)4-5-8(20,21)11(26,27)14(32,33)15(34,35)36/h4-5H,2-3H2,1H3. The fourth-order valence-electron chi connectivity index (χ4n) is 2.11. The summed E-state index contributed by atoms with van der Waals surface area (Å²) in [6.07, 6.45) is -16.5. The Hall–Kier alpha value is -1.73. The minimum atomic E-state index is -8.32. The molecule has 0 aliphatic carbocycles. The first-order valence-electron chi connectivity index (χ1n) is 8.44. The van der Waals surface area contributed by atoms with Crippen molar-refractivity contribution >= 4 is 0 Å². The van der Waals surface area contributed by atoms with E-state index in [-0.39, 0.29) is 0 Å². The van der Waals surface area contributed by atoms with Gasteiger partial charge in [0.1, 0.15) is 0 Å². The number of alkyl halides is 21. The zero-order chi connectivity index (χ0) is 29.8. The predicted octanol–water partition coefficient (Wildman–Crippen LogP) is 8.62. The van der Waals surface area contributed by atoms with Gasteiger partial charge in [-0.15, -0.1) is 0 Å². The van der Waals surface area contributed by atoms with Crippen molar-refractivity contribution in [2.24, 2.45) is 0 Å². The number of allylic oxidation sites excluding steroid dienone is 2. The zero-order valence-electron chi connectivity index (χ0n) is 16.5. The normalized spacial score (nSPS) is 16.7. The van der Waals surface area contributed by atoms with E-state index in [0.717, 1.165) is 0 Å². The van der Waals surface area contributed by atoms with Crippen LogP contribution in [0.5, 0.6) is 0 Å². The summed E-state index contributed by atoms with van der Waals surface area (Å²) in [6.45, 7) is 0.562. The van der Waals surface area contributed by atoms with Crippen LogP contribution < -0.4 is 0 Å². The van der Waals surface area contributed by atoms with Gasteiger partial charge in [0.15, 0.2) is 0 Å². The van der Waals surface area contributed by atoms with E-state index in [1.165, 1.54) is 0 Å². The average molecular weight is 588 g/mol. The Labute approximate surface area is 185 Å². The van der Waals surface area contributed by atoms with Gasteiger partial charge in [-0.25, -0.2) is 0 Å². The van der Waals surface area contributed by atoms with Crippen LogP contribution in [-0.2, 0) is 0 Å². The van der Waals surface area contributed by atoms with Gasteiger partial charge in [0.05, 0.1) is 0 Å². The molecule has 36 heavy (non-hydrogen) atoms.